The molecule has 0 radical (unpaired) electrons. The van der Waals surface area contributed by atoms with Crippen LogP contribution in [-0.4, -0.2) is 23.2 Å². The van der Waals surface area contributed by atoms with Crippen LogP contribution in [0.25, 0.3) is 0 Å². The summed E-state index contributed by atoms with van der Waals surface area (Å²) >= 11 is 0. The first-order valence-electron chi connectivity index (χ1n) is 8.31. The molecule has 2 aromatic rings. The summed E-state index contributed by atoms with van der Waals surface area (Å²) in [5.74, 6) is -2.80. The van der Waals surface area contributed by atoms with Gasteiger partial charge in [0.05, 0.1) is 0 Å². The van der Waals surface area contributed by atoms with Gasteiger partial charge in [-0.05, 0) is 31.0 Å². The number of anilines is 1. The SMILES string of the molecule is O=C(NCc1cccc(OC(F)(F)F)c1F)c1ccnc(NC(=O)C2CC2)c1. The summed E-state index contributed by atoms with van der Waals surface area (Å²) in [6, 6.07) is 6.00. The predicted octanol–water partition coefficient (Wildman–Crippen LogP) is 3.40. The molecule has 1 heterocycles. The first kappa shape index (κ1) is 19.6. The van der Waals surface area contributed by atoms with Gasteiger partial charge in [-0.25, -0.2) is 9.37 Å². The van der Waals surface area contributed by atoms with Gasteiger partial charge in [-0.3, -0.25) is 9.59 Å². The minimum absolute atomic E-state index is 0.0338. The van der Waals surface area contributed by atoms with E-state index in [0.717, 1.165) is 18.9 Å². The fourth-order valence-corrected chi connectivity index (χ4v) is 2.39. The lowest BCUT2D eigenvalue weighted by Gasteiger charge is -2.12. The molecule has 0 atom stereocenters. The van der Waals surface area contributed by atoms with Crippen LogP contribution in [0.4, 0.5) is 23.4 Å². The molecule has 1 fully saturated rings. The van der Waals surface area contributed by atoms with Crippen molar-refractivity contribution in [3.05, 3.63) is 53.5 Å². The molecular weight excluding hydrogens is 382 g/mol. The molecule has 3 rings (SSSR count). The summed E-state index contributed by atoms with van der Waals surface area (Å²) in [5, 5.41) is 5.00. The normalized spacial score (nSPS) is 13.7. The fraction of sp³-hybridized carbons (Fsp3) is 0.278. The molecule has 1 saturated carbocycles. The van der Waals surface area contributed by atoms with Gasteiger partial charge < -0.3 is 15.4 Å². The number of ether oxygens (including phenoxy) is 1. The number of nitrogens with zero attached hydrogens (tertiary/aromatic N) is 1. The van der Waals surface area contributed by atoms with Crippen LogP contribution in [0.15, 0.2) is 36.5 Å². The van der Waals surface area contributed by atoms with Crippen LogP contribution in [0.1, 0.15) is 28.8 Å². The predicted molar refractivity (Wildman–Crippen MR) is 89.8 cm³/mol. The van der Waals surface area contributed by atoms with Gasteiger partial charge in [0.1, 0.15) is 5.82 Å². The molecule has 2 amide bonds. The number of hydrogen-bond donors (Lipinski definition) is 2. The molecule has 6 nitrogen and oxygen atoms in total. The second-order valence-corrected chi connectivity index (χ2v) is 6.15. The molecule has 0 spiro atoms. The number of nitrogens with one attached hydrogen (secondary N) is 2. The molecular formula is C18H15F4N3O3. The van der Waals surface area contributed by atoms with Crippen molar-refractivity contribution in [2.24, 2.45) is 5.92 Å². The van der Waals surface area contributed by atoms with Gasteiger partial charge in [0.2, 0.25) is 5.91 Å². The second-order valence-electron chi connectivity index (χ2n) is 6.15. The van der Waals surface area contributed by atoms with Crippen LogP contribution in [0, 0.1) is 11.7 Å². The molecule has 10 heteroatoms. The van der Waals surface area contributed by atoms with Crippen LogP contribution >= 0.6 is 0 Å². The molecule has 28 heavy (non-hydrogen) atoms. The number of halogens is 4. The van der Waals surface area contributed by atoms with Gasteiger partial charge in [0.15, 0.2) is 11.6 Å². The Bertz CT molecular complexity index is 898. The van der Waals surface area contributed by atoms with Gasteiger partial charge in [-0.15, -0.1) is 13.2 Å². The largest absolute Gasteiger partial charge is 0.573 e. The molecule has 1 aliphatic carbocycles. The lowest BCUT2D eigenvalue weighted by molar-refractivity contribution is -0.275. The van der Waals surface area contributed by atoms with Gasteiger partial charge in [-0.2, -0.15) is 0 Å². The van der Waals surface area contributed by atoms with Crippen LogP contribution in [-0.2, 0) is 11.3 Å². The van der Waals surface area contributed by atoms with Crippen LogP contribution < -0.4 is 15.4 Å². The van der Waals surface area contributed by atoms with E-state index in [1.165, 1.54) is 30.5 Å². The summed E-state index contributed by atoms with van der Waals surface area (Å²) in [4.78, 5) is 27.9. The maximum Gasteiger partial charge on any atom is 0.573 e. The zero-order chi connectivity index (χ0) is 20.3. The van der Waals surface area contributed by atoms with E-state index >= 15 is 0 Å². The van der Waals surface area contributed by atoms with Crippen molar-refractivity contribution in [3.8, 4) is 5.75 Å². The third kappa shape index (κ3) is 5.18. The highest BCUT2D eigenvalue weighted by Crippen LogP contribution is 2.30. The van der Waals surface area contributed by atoms with E-state index in [1.54, 1.807) is 0 Å². The lowest BCUT2D eigenvalue weighted by atomic mass is 10.2. The maximum atomic E-state index is 14.1. The van der Waals surface area contributed by atoms with Crippen LogP contribution in [0.2, 0.25) is 0 Å². The first-order valence-corrected chi connectivity index (χ1v) is 8.31. The third-order valence-corrected chi connectivity index (χ3v) is 3.93. The Morgan fingerprint density at radius 1 is 1.21 bits per heavy atom. The zero-order valence-electron chi connectivity index (χ0n) is 14.3. The Morgan fingerprint density at radius 3 is 2.64 bits per heavy atom. The summed E-state index contributed by atoms with van der Waals surface area (Å²) < 4.78 is 54.5. The minimum atomic E-state index is -5.03. The molecule has 1 aliphatic rings. The van der Waals surface area contributed by atoms with Crippen molar-refractivity contribution < 1.29 is 31.9 Å². The molecule has 1 aromatic heterocycles. The monoisotopic (exact) mass is 397 g/mol. The second kappa shape index (κ2) is 7.83. The Labute approximate surface area is 156 Å². The van der Waals surface area contributed by atoms with Crippen molar-refractivity contribution in [2.45, 2.75) is 25.7 Å². The Balaban J connectivity index is 1.64. The van der Waals surface area contributed by atoms with Crippen LogP contribution in [0.3, 0.4) is 0 Å². The third-order valence-electron chi connectivity index (χ3n) is 3.93. The molecule has 0 bridgehead atoms. The number of benzene rings is 1. The van der Waals surface area contributed by atoms with Gasteiger partial charge in [0, 0.05) is 29.8 Å². The number of carbonyl (C=O) groups excluding carboxylic acids is 2. The van der Waals surface area contributed by atoms with E-state index in [-0.39, 0.29) is 35.3 Å². The quantitative estimate of drug-likeness (QED) is 0.733. The Hall–Kier alpha value is -3.17. The molecule has 0 aliphatic heterocycles. The summed E-state index contributed by atoms with van der Waals surface area (Å²) in [6.45, 7) is -0.355. The van der Waals surface area contributed by atoms with Crippen molar-refractivity contribution in [1.82, 2.24) is 10.3 Å². The van der Waals surface area contributed by atoms with Crippen molar-refractivity contribution in [1.29, 1.82) is 0 Å². The van der Waals surface area contributed by atoms with Crippen molar-refractivity contribution in [3.63, 3.8) is 0 Å². The van der Waals surface area contributed by atoms with Gasteiger partial charge in [-0.1, -0.05) is 12.1 Å². The van der Waals surface area contributed by atoms with E-state index in [0.29, 0.717) is 0 Å². The molecule has 2 N–H and O–H groups in total. The molecule has 0 saturated heterocycles. The summed E-state index contributed by atoms with van der Waals surface area (Å²) in [6.07, 6.45) is -2.07. The highest BCUT2D eigenvalue weighted by atomic mass is 19.4. The number of amides is 2. The van der Waals surface area contributed by atoms with Crippen LogP contribution in [0.5, 0.6) is 5.75 Å². The average molecular weight is 397 g/mol. The highest BCUT2D eigenvalue weighted by molar-refractivity contribution is 5.97. The number of rotatable bonds is 6. The highest BCUT2D eigenvalue weighted by Gasteiger charge is 2.33. The number of alkyl halides is 3. The van der Waals surface area contributed by atoms with E-state index in [2.05, 4.69) is 20.4 Å². The zero-order valence-corrected chi connectivity index (χ0v) is 14.3. The van der Waals surface area contributed by atoms with Gasteiger partial charge >= 0.3 is 6.36 Å². The minimum Gasteiger partial charge on any atom is -0.403 e. The van der Waals surface area contributed by atoms with Gasteiger partial charge in [0.25, 0.3) is 5.91 Å². The van der Waals surface area contributed by atoms with E-state index in [1.807, 2.05) is 0 Å². The topological polar surface area (TPSA) is 80.3 Å². The standard InChI is InChI=1S/C18H15F4N3O3/c19-15-12(2-1-3-13(15)28-18(20,21)22)9-24-16(26)11-6-7-23-14(8-11)25-17(27)10-4-5-10/h1-3,6-8,10H,4-5,9H2,(H,24,26)(H,23,25,27). The van der Waals surface area contributed by atoms with Crippen molar-refractivity contribution in [2.75, 3.05) is 5.32 Å². The smallest absolute Gasteiger partial charge is 0.403 e. The summed E-state index contributed by atoms with van der Waals surface area (Å²) in [7, 11) is 0. The van der Waals surface area contributed by atoms with Crippen molar-refractivity contribution >= 4 is 17.6 Å². The lowest BCUT2D eigenvalue weighted by Crippen LogP contribution is -2.24. The number of carbonyl (C=O) groups is 2. The fourth-order valence-electron chi connectivity index (χ4n) is 2.39. The Morgan fingerprint density at radius 2 is 1.96 bits per heavy atom. The van der Waals surface area contributed by atoms with E-state index in [4.69, 9.17) is 0 Å². The molecule has 1 aromatic carbocycles. The molecule has 0 unspecified atom stereocenters. The number of aromatic nitrogens is 1. The van der Waals surface area contributed by atoms with E-state index < -0.39 is 23.8 Å². The molecule has 148 valence electrons. The number of pyridine rings is 1. The number of hydrogen-bond acceptors (Lipinski definition) is 4. The average Bonchev–Trinajstić information content (AvgIpc) is 3.46. The maximum absolute atomic E-state index is 14.1. The Kier molecular flexibility index (Phi) is 5.48. The first-order chi connectivity index (χ1) is 13.2. The summed E-state index contributed by atoms with van der Waals surface area (Å²) in [5.41, 5.74) is -0.0179. The van der Waals surface area contributed by atoms with E-state index in [9.17, 15) is 27.2 Å².